The second kappa shape index (κ2) is 7.32. The van der Waals surface area contributed by atoms with E-state index in [4.69, 9.17) is 0 Å². The van der Waals surface area contributed by atoms with Crippen molar-refractivity contribution in [1.82, 2.24) is 24.5 Å². The van der Waals surface area contributed by atoms with Crippen LogP contribution in [-0.2, 0) is 6.54 Å². The molecule has 2 aromatic heterocycles. The van der Waals surface area contributed by atoms with Crippen molar-refractivity contribution >= 4 is 27.5 Å². The van der Waals surface area contributed by atoms with E-state index in [1.165, 1.54) is 15.6 Å². The van der Waals surface area contributed by atoms with Crippen LogP contribution in [0.2, 0.25) is 0 Å². The van der Waals surface area contributed by atoms with Crippen molar-refractivity contribution in [2.75, 3.05) is 31.1 Å². The standard InChI is InChI=1S/C19H23BrN6/c1-14-15(2)23-19-21-13-22-26(19)18(14)25-9-5-8-24(10-11-25)12-16-6-3-4-7-17(16)20/h3-4,6-7,13H,5,8-12H2,1-2H3. The van der Waals surface area contributed by atoms with Gasteiger partial charge >= 0.3 is 0 Å². The number of hydrogen-bond donors (Lipinski definition) is 0. The first-order chi connectivity index (χ1) is 12.6. The summed E-state index contributed by atoms with van der Waals surface area (Å²) in [5, 5.41) is 4.41. The highest BCUT2D eigenvalue weighted by atomic mass is 79.9. The van der Waals surface area contributed by atoms with Crippen LogP contribution in [0.3, 0.4) is 0 Å². The number of anilines is 1. The fourth-order valence-corrected chi connectivity index (χ4v) is 4.01. The van der Waals surface area contributed by atoms with Crippen LogP contribution in [0.4, 0.5) is 5.82 Å². The second-order valence-electron chi connectivity index (χ2n) is 6.83. The molecule has 0 radical (unpaired) electrons. The van der Waals surface area contributed by atoms with E-state index in [0.29, 0.717) is 5.78 Å². The van der Waals surface area contributed by atoms with E-state index in [2.05, 4.69) is 72.0 Å². The van der Waals surface area contributed by atoms with Gasteiger partial charge in [0.15, 0.2) is 0 Å². The smallest absolute Gasteiger partial charge is 0.254 e. The van der Waals surface area contributed by atoms with Crippen molar-refractivity contribution in [2.45, 2.75) is 26.8 Å². The lowest BCUT2D eigenvalue weighted by Crippen LogP contribution is -2.32. The molecule has 0 spiro atoms. The van der Waals surface area contributed by atoms with Crippen LogP contribution in [0.25, 0.3) is 5.78 Å². The number of aryl methyl sites for hydroxylation is 1. The number of rotatable bonds is 3. The Hall–Kier alpha value is -1.99. The van der Waals surface area contributed by atoms with E-state index >= 15 is 0 Å². The first-order valence-electron chi connectivity index (χ1n) is 9.01. The lowest BCUT2D eigenvalue weighted by Gasteiger charge is -2.26. The van der Waals surface area contributed by atoms with Crippen molar-refractivity contribution < 1.29 is 0 Å². The molecule has 0 N–H and O–H groups in total. The number of benzene rings is 1. The predicted molar refractivity (Wildman–Crippen MR) is 107 cm³/mol. The normalized spacial score (nSPS) is 16.2. The lowest BCUT2D eigenvalue weighted by molar-refractivity contribution is 0.285. The summed E-state index contributed by atoms with van der Waals surface area (Å²) in [6, 6.07) is 8.48. The zero-order valence-corrected chi connectivity index (χ0v) is 16.8. The van der Waals surface area contributed by atoms with Gasteiger partial charge in [-0.25, -0.2) is 4.98 Å². The Balaban J connectivity index is 1.55. The number of aromatic nitrogens is 4. The van der Waals surface area contributed by atoms with Crippen LogP contribution < -0.4 is 4.90 Å². The molecule has 0 unspecified atom stereocenters. The summed E-state index contributed by atoms with van der Waals surface area (Å²) in [6.07, 6.45) is 2.71. The molecule has 3 heterocycles. The highest BCUT2D eigenvalue weighted by Gasteiger charge is 2.21. The highest BCUT2D eigenvalue weighted by Crippen LogP contribution is 2.24. The van der Waals surface area contributed by atoms with Gasteiger partial charge in [-0.2, -0.15) is 14.6 Å². The summed E-state index contributed by atoms with van der Waals surface area (Å²) in [5.74, 6) is 1.81. The molecule has 4 rings (SSSR count). The summed E-state index contributed by atoms with van der Waals surface area (Å²) in [7, 11) is 0. The van der Waals surface area contributed by atoms with Crippen molar-refractivity contribution in [1.29, 1.82) is 0 Å². The van der Waals surface area contributed by atoms with Crippen molar-refractivity contribution in [3.05, 3.63) is 51.9 Å². The van der Waals surface area contributed by atoms with Crippen LogP contribution in [0.1, 0.15) is 23.2 Å². The van der Waals surface area contributed by atoms with Gasteiger partial charge in [-0.3, -0.25) is 4.90 Å². The molecule has 0 amide bonds. The molecule has 0 saturated carbocycles. The van der Waals surface area contributed by atoms with Gasteiger partial charge < -0.3 is 4.90 Å². The number of halogens is 1. The van der Waals surface area contributed by atoms with E-state index in [1.54, 1.807) is 6.33 Å². The van der Waals surface area contributed by atoms with Crippen LogP contribution in [0.5, 0.6) is 0 Å². The van der Waals surface area contributed by atoms with Gasteiger partial charge in [0.25, 0.3) is 5.78 Å². The van der Waals surface area contributed by atoms with Gasteiger partial charge in [0.05, 0.1) is 0 Å². The Morgan fingerprint density at radius 3 is 2.77 bits per heavy atom. The molecule has 7 heteroatoms. The molecule has 26 heavy (non-hydrogen) atoms. The van der Waals surface area contributed by atoms with Crippen LogP contribution in [0.15, 0.2) is 35.1 Å². The third kappa shape index (κ3) is 3.33. The maximum Gasteiger partial charge on any atom is 0.254 e. The Labute approximate surface area is 162 Å². The third-order valence-electron chi connectivity index (χ3n) is 5.12. The summed E-state index contributed by atoms with van der Waals surface area (Å²) in [5.41, 5.74) is 3.55. The first-order valence-corrected chi connectivity index (χ1v) is 9.80. The maximum absolute atomic E-state index is 4.54. The zero-order valence-electron chi connectivity index (χ0n) is 15.2. The summed E-state index contributed by atoms with van der Waals surface area (Å²) in [4.78, 5) is 13.8. The first kappa shape index (κ1) is 17.4. The van der Waals surface area contributed by atoms with Gasteiger partial charge in [-0.15, -0.1) is 0 Å². The monoisotopic (exact) mass is 414 g/mol. The van der Waals surface area contributed by atoms with Crippen LogP contribution in [-0.4, -0.2) is 50.7 Å². The maximum atomic E-state index is 4.54. The van der Waals surface area contributed by atoms with E-state index in [1.807, 2.05) is 11.4 Å². The summed E-state index contributed by atoms with van der Waals surface area (Å²) < 4.78 is 3.07. The lowest BCUT2D eigenvalue weighted by atomic mass is 10.2. The predicted octanol–water partition coefficient (Wildman–Crippen LogP) is 3.22. The molecule has 0 aliphatic carbocycles. The van der Waals surface area contributed by atoms with E-state index in [9.17, 15) is 0 Å². The van der Waals surface area contributed by atoms with Crippen molar-refractivity contribution in [2.24, 2.45) is 0 Å². The number of hydrogen-bond acceptors (Lipinski definition) is 5. The summed E-state index contributed by atoms with van der Waals surface area (Å²) >= 11 is 3.67. The van der Waals surface area contributed by atoms with E-state index in [-0.39, 0.29) is 0 Å². The third-order valence-corrected chi connectivity index (χ3v) is 5.89. The zero-order chi connectivity index (χ0) is 18.1. The van der Waals surface area contributed by atoms with E-state index < -0.39 is 0 Å². The van der Waals surface area contributed by atoms with Gasteiger partial charge in [0.1, 0.15) is 12.1 Å². The molecule has 0 atom stereocenters. The molecule has 1 aromatic carbocycles. The average Bonchev–Trinajstić information content (AvgIpc) is 2.96. The Kier molecular flexibility index (Phi) is 4.91. The van der Waals surface area contributed by atoms with Crippen LogP contribution >= 0.6 is 15.9 Å². The SMILES string of the molecule is Cc1nc2ncnn2c(N2CCCN(Cc3ccccc3Br)CC2)c1C. The largest absolute Gasteiger partial charge is 0.355 e. The Bertz CT molecular complexity index is 922. The van der Waals surface area contributed by atoms with Crippen molar-refractivity contribution in [3.63, 3.8) is 0 Å². The quantitative estimate of drug-likeness (QED) is 0.658. The molecule has 3 aromatic rings. The molecule has 0 bridgehead atoms. The summed E-state index contributed by atoms with van der Waals surface area (Å²) in [6.45, 7) is 9.27. The molecule has 1 saturated heterocycles. The van der Waals surface area contributed by atoms with Gasteiger partial charge in [-0.05, 0) is 31.9 Å². The minimum absolute atomic E-state index is 0.678. The molecule has 6 nitrogen and oxygen atoms in total. The molecule has 1 fully saturated rings. The molecule has 136 valence electrons. The van der Waals surface area contributed by atoms with Crippen LogP contribution in [0, 0.1) is 13.8 Å². The van der Waals surface area contributed by atoms with Gasteiger partial charge in [-0.1, -0.05) is 34.1 Å². The topological polar surface area (TPSA) is 49.6 Å². The number of nitrogens with zero attached hydrogens (tertiary/aromatic N) is 6. The molecular formula is C19H23BrN6. The van der Waals surface area contributed by atoms with Gasteiger partial charge in [0, 0.05) is 48.5 Å². The Morgan fingerprint density at radius 2 is 1.92 bits per heavy atom. The fourth-order valence-electron chi connectivity index (χ4n) is 3.60. The Morgan fingerprint density at radius 1 is 1.08 bits per heavy atom. The molecule has 1 aliphatic heterocycles. The van der Waals surface area contributed by atoms with Gasteiger partial charge in [0.2, 0.25) is 0 Å². The minimum Gasteiger partial charge on any atom is -0.355 e. The minimum atomic E-state index is 0.678. The average molecular weight is 415 g/mol. The second-order valence-corrected chi connectivity index (χ2v) is 7.68. The molecular weight excluding hydrogens is 392 g/mol. The molecule has 1 aliphatic rings. The van der Waals surface area contributed by atoms with E-state index in [0.717, 1.165) is 50.7 Å². The highest BCUT2D eigenvalue weighted by molar-refractivity contribution is 9.10. The fraction of sp³-hybridized carbons (Fsp3) is 0.421. The number of fused-ring (bicyclic) bond motifs is 1. The van der Waals surface area contributed by atoms with Crippen molar-refractivity contribution in [3.8, 4) is 0 Å².